The molecular formula is C21H27FN8O4. The van der Waals surface area contributed by atoms with E-state index in [4.69, 9.17) is 4.74 Å². The van der Waals surface area contributed by atoms with Gasteiger partial charge in [-0.2, -0.15) is 15.4 Å². The molecule has 0 radical (unpaired) electrons. The standard InChI is InChI=1S/C21H27FN8O4/c1-14(31)2-4-17-13-29(21(33)34-17)16-3-5-19(18(22)10-16)28-7-6-25-30(9-8-28)20(32)23-11-15-12-24-27-26-15/h3,5,10,12,17,25H,2,4,6-9,11,13H2,1H3,(H,23,32)(H,24,26,27)/t17-/m0/s1. The molecule has 34 heavy (non-hydrogen) atoms. The van der Waals surface area contributed by atoms with Crippen molar-refractivity contribution < 1.29 is 23.5 Å². The van der Waals surface area contributed by atoms with Crippen LogP contribution in [-0.4, -0.2) is 77.2 Å². The van der Waals surface area contributed by atoms with Gasteiger partial charge in [0.25, 0.3) is 0 Å². The predicted molar refractivity (Wildman–Crippen MR) is 119 cm³/mol. The molecule has 4 rings (SSSR count). The summed E-state index contributed by atoms with van der Waals surface area (Å²) in [5.74, 6) is -0.440. The summed E-state index contributed by atoms with van der Waals surface area (Å²) in [6.07, 6.45) is 1.36. The zero-order valence-electron chi connectivity index (χ0n) is 18.8. The highest BCUT2D eigenvalue weighted by Crippen LogP contribution is 2.29. The summed E-state index contributed by atoms with van der Waals surface area (Å²) in [6.45, 7) is 3.68. The number of halogens is 1. The molecule has 1 atom stereocenters. The van der Waals surface area contributed by atoms with Crippen LogP contribution in [-0.2, 0) is 16.1 Å². The van der Waals surface area contributed by atoms with Crippen LogP contribution in [0.15, 0.2) is 24.4 Å². The van der Waals surface area contributed by atoms with E-state index in [-0.39, 0.29) is 24.9 Å². The number of hydrazine groups is 1. The maximum absolute atomic E-state index is 15.0. The van der Waals surface area contributed by atoms with Crippen molar-refractivity contribution in [1.29, 1.82) is 0 Å². The SMILES string of the molecule is CC(=O)CC[C@H]1CN(c2ccc(N3CCNN(C(=O)NCc4cn[nH]n4)CC3)c(F)c2)C(=O)O1. The summed E-state index contributed by atoms with van der Waals surface area (Å²) < 4.78 is 20.3. The number of benzene rings is 1. The molecule has 2 aliphatic heterocycles. The zero-order valence-corrected chi connectivity index (χ0v) is 18.8. The van der Waals surface area contributed by atoms with Gasteiger partial charge in [-0.05, 0) is 31.5 Å². The van der Waals surface area contributed by atoms with Crippen LogP contribution in [0.4, 0.5) is 25.4 Å². The molecule has 13 heteroatoms. The molecule has 2 aromatic rings. The van der Waals surface area contributed by atoms with Crippen LogP contribution in [0.5, 0.6) is 0 Å². The number of rotatable bonds is 7. The summed E-state index contributed by atoms with van der Waals surface area (Å²) in [4.78, 5) is 39.1. The molecular weight excluding hydrogens is 447 g/mol. The number of amides is 3. The lowest BCUT2D eigenvalue weighted by Gasteiger charge is -2.24. The summed E-state index contributed by atoms with van der Waals surface area (Å²) >= 11 is 0. The number of urea groups is 1. The number of anilines is 2. The van der Waals surface area contributed by atoms with Crippen LogP contribution < -0.4 is 20.5 Å². The Balaban J connectivity index is 1.34. The van der Waals surface area contributed by atoms with Gasteiger partial charge < -0.3 is 19.7 Å². The quantitative estimate of drug-likeness (QED) is 0.544. The first kappa shape index (κ1) is 23.4. The highest BCUT2D eigenvalue weighted by atomic mass is 19.1. The third-order valence-corrected chi connectivity index (χ3v) is 5.68. The van der Waals surface area contributed by atoms with Crippen molar-refractivity contribution in [2.45, 2.75) is 32.4 Å². The number of nitrogens with one attached hydrogen (secondary N) is 3. The molecule has 3 heterocycles. The van der Waals surface area contributed by atoms with Gasteiger partial charge in [-0.15, -0.1) is 0 Å². The van der Waals surface area contributed by atoms with Crippen molar-refractivity contribution in [3.05, 3.63) is 35.9 Å². The molecule has 0 saturated carbocycles. The molecule has 2 fully saturated rings. The van der Waals surface area contributed by atoms with Crippen molar-refractivity contribution in [2.75, 3.05) is 42.5 Å². The first-order valence-corrected chi connectivity index (χ1v) is 11.1. The number of aromatic amines is 1. The van der Waals surface area contributed by atoms with Gasteiger partial charge in [0.15, 0.2) is 0 Å². The first-order valence-electron chi connectivity index (χ1n) is 11.1. The lowest BCUT2D eigenvalue weighted by atomic mass is 10.1. The van der Waals surface area contributed by atoms with E-state index in [1.165, 1.54) is 29.1 Å². The van der Waals surface area contributed by atoms with Crippen molar-refractivity contribution in [1.82, 2.24) is 31.2 Å². The van der Waals surface area contributed by atoms with Crippen molar-refractivity contribution in [3.63, 3.8) is 0 Å². The molecule has 2 saturated heterocycles. The lowest BCUT2D eigenvalue weighted by molar-refractivity contribution is -0.117. The molecule has 0 unspecified atom stereocenters. The van der Waals surface area contributed by atoms with E-state index in [0.717, 1.165) is 0 Å². The van der Waals surface area contributed by atoms with E-state index in [9.17, 15) is 14.4 Å². The van der Waals surface area contributed by atoms with Gasteiger partial charge in [0.1, 0.15) is 23.4 Å². The van der Waals surface area contributed by atoms with Crippen molar-refractivity contribution in [3.8, 4) is 0 Å². The average Bonchev–Trinajstić information content (AvgIpc) is 3.39. The summed E-state index contributed by atoms with van der Waals surface area (Å²) in [7, 11) is 0. The van der Waals surface area contributed by atoms with Crippen molar-refractivity contribution in [2.24, 2.45) is 0 Å². The molecule has 1 aromatic carbocycles. The Labute approximate surface area is 195 Å². The highest BCUT2D eigenvalue weighted by molar-refractivity contribution is 5.90. The predicted octanol–water partition coefficient (Wildman–Crippen LogP) is 1.17. The topological polar surface area (TPSA) is 136 Å². The number of cyclic esters (lactones) is 1. The minimum Gasteiger partial charge on any atom is -0.444 e. The number of carbonyl (C=O) groups is 3. The minimum absolute atomic E-state index is 0.0304. The molecule has 182 valence electrons. The van der Waals surface area contributed by atoms with Gasteiger partial charge in [-0.1, -0.05) is 0 Å². The fourth-order valence-electron chi connectivity index (χ4n) is 3.88. The first-order chi connectivity index (χ1) is 16.4. The Bertz CT molecular complexity index is 1030. The summed E-state index contributed by atoms with van der Waals surface area (Å²) in [5, 5.41) is 14.3. The number of Topliss-reactive ketones (excluding diaryl/α,β-unsaturated/α-hetero) is 1. The Morgan fingerprint density at radius 2 is 2.15 bits per heavy atom. The number of hydrogen-bond donors (Lipinski definition) is 3. The van der Waals surface area contributed by atoms with Crippen LogP contribution in [0, 0.1) is 5.82 Å². The Kier molecular flexibility index (Phi) is 7.21. The lowest BCUT2D eigenvalue weighted by Crippen LogP contribution is -2.48. The van der Waals surface area contributed by atoms with E-state index in [2.05, 4.69) is 26.2 Å². The molecule has 2 aliphatic rings. The fraction of sp³-hybridized carbons (Fsp3) is 0.476. The van der Waals surface area contributed by atoms with Gasteiger partial charge in [-0.3, -0.25) is 9.91 Å². The number of ether oxygens (including phenoxy) is 1. The smallest absolute Gasteiger partial charge is 0.414 e. The zero-order chi connectivity index (χ0) is 24.1. The van der Waals surface area contributed by atoms with Gasteiger partial charge >= 0.3 is 12.1 Å². The number of aromatic nitrogens is 3. The largest absolute Gasteiger partial charge is 0.444 e. The molecule has 0 bridgehead atoms. The Morgan fingerprint density at radius 1 is 1.29 bits per heavy atom. The number of carbonyl (C=O) groups excluding carboxylic acids is 3. The van der Waals surface area contributed by atoms with Gasteiger partial charge in [0.2, 0.25) is 0 Å². The summed E-state index contributed by atoms with van der Waals surface area (Å²) in [6, 6.07) is 4.30. The van der Waals surface area contributed by atoms with Crippen LogP contribution >= 0.6 is 0 Å². The second-order valence-corrected chi connectivity index (χ2v) is 8.16. The summed E-state index contributed by atoms with van der Waals surface area (Å²) in [5.41, 5.74) is 4.43. The monoisotopic (exact) mass is 474 g/mol. The number of H-pyrrole nitrogens is 1. The second-order valence-electron chi connectivity index (χ2n) is 8.16. The van der Waals surface area contributed by atoms with E-state index in [0.29, 0.717) is 56.1 Å². The van der Waals surface area contributed by atoms with Gasteiger partial charge in [-0.25, -0.2) is 19.4 Å². The molecule has 3 N–H and O–H groups in total. The molecule has 3 amide bonds. The molecule has 12 nitrogen and oxygen atoms in total. The second kappa shape index (κ2) is 10.5. The normalized spacial score (nSPS) is 18.6. The Hall–Kier alpha value is -3.74. The average molecular weight is 474 g/mol. The van der Waals surface area contributed by atoms with E-state index in [1.54, 1.807) is 12.1 Å². The van der Waals surface area contributed by atoms with E-state index >= 15 is 4.39 Å². The third-order valence-electron chi connectivity index (χ3n) is 5.68. The maximum atomic E-state index is 15.0. The molecule has 0 aliphatic carbocycles. The minimum atomic E-state index is -0.549. The molecule has 1 aromatic heterocycles. The molecule has 0 spiro atoms. The van der Waals surface area contributed by atoms with Gasteiger partial charge in [0, 0.05) is 26.1 Å². The number of hydrogen-bond acceptors (Lipinski definition) is 8. The third kappa shape index (κ3) is 5.60. The van der Waals surface area contributed by atoms with E-state index in [1.807, 2.05) is 4.90 Å². The fourth-order valence-corrected chi connectivity index (χ4v) is 3.88. The van der Waals surface area contributed by atoms with Crippen LogP contribution in [0.25, 0.3) is 0 Å². The number of ketones is 1. The van der Waals surface area contributed by atoms with Gasteiger partial charge in [0.05, 0.1) is 37.2 Å². The highest BCUT2D eigenvalue weighted by Gasteiger charge is 2.33. The van der Waals surface area contributed by atoms with Crippen LogP contribution in [0.2, 0.25) is 0 Å². The van der Waals surface area contributed by atoms with Crippen molar-refractivity contribution >= 4 is 29.3 Å². The van der Waals surface area contributed by atoms with Crippen LogP contribution in [0.1, 0.15) is 25.5 Å². The number of nitrogens with zero attached hydrogens (tertiary/aromatic N) is 5. The Morgan fingerprint density at radius 3 is 2.88 bits per heavy atom. The van der Waals surface area contributed by atoms with E-state index < -0.39 is 18.0 Å². The maximum Gasteiger partial charge on any atom is 0.414 e. The van der Waals surface area contributed by atoms with Crippen LogP contribution in [0.3, 0.4) is 0 Å².